The zero-order valence-corrected chi connectivity index (χ0v) is 12.1. The van der Waals surface area contributed by atoms with Gasteiger partial charge in [0.2, 0.25) is 10.0 Å². The molecule has 1 aliphatic rings. The number of para-hydroxylation sites is 1. The first-order chi connectivity index (χ1) is 9.10. The summed E-state index contributed by atoms with van der Waals surface area (Å²) in [4.78, 5) is 0. The van der Waals surface area contributed by atoms with Gasteiger partial charge in [-0.3, -0.25) is 0 Å². The number of benzene rings is 1. The van der Waals surface area contributed by atoms with E-state index in [4.69, 9.17) is 4.74 Å². The van der Waals surface area contributed by atoms with Gasteiger partial charge in [-0.05, 0) is 13.0 Å². The van der Waals surface area contributed by atoms with Crippen LogP contribution in [0, 0.1) is 0 Å². The molecule has 0 radical (unpaired) electrons. The average molecular weight is 284 g/mol. The number of ether oxygens (including phenoxy) is 1. The Kier molecular flexibility index (Phi) is 4.44. The maximum atomic E-state index is 12.2. The molecule has 0 bridgehead atoms. The van der Waals surface area contributed by atoms with Crippen LogP contribution < -0.4 is 10.1 Å². The van der Waals surface area contributed by atoms with E-state index in [1.165, 1.54) is 0 Å². The number of nitrogens with one attached hydrogen (secondary N) is 1. The van der Waals surface area contributed by atoms with Crippen LogP contribution in [0.25, 0.3) is 0 Å². The van der Waals surface area contributed by atoms with Gasteiger partial charge in [0.25, 0.3) is 0 Å². The number of nitrogens with zero attached hydrogens (tertiary/aromatic N) is 1. The predicted molar refractivity (Wildman–Crippen MR) is 74.8 cm³/mol. The van der Waals surface area contributed by atoms with Gasteiger partial charge in [-0.15, -0.1) is 0 Å². The minimum absolute atomic E-state index is 0.124. The molecule has 0 aromatic heterocycles. The Bertz CT molecular complexity index is 530. The first-order valence-electron chi connectivity index (χ1n) is 6.43. The lowest BCUT2D eigenvalue weighted by molar-refractivity contribution is 0.265. The Morgan fingerprint density at radius 1 is 1.42 bits per heavy atom. The Morgan fingerprint density at radius 3 is 2.84 bits per heavy atom. The first kappa shape index (κ1) is 14.3. The SMILES string of the molecule is CCS(=O)(=O)N1CCNC[C@H]1c1ccccc1OC. The minimum atomic E-state index is -3.21. The summed E-state index contributed by atoms with van der Waals surface area (Å²) < 4.78 is 31.3. The van der Waals surface area contributed by atoms with Crippen LogP contribution in [0.1, 0.15) is 18.5 Å². The summed E-state index contributed by atoms with van der Waals surface area (Å²) in [6, 6.07) is 7.38. The molecule has 0 amide bonds. The van der Waals surface area contributed by atoms with Crippen molar-refractivity contribution in [2.45, 2.75) is 13.0 Å². The first-order valence-corrected chi connectivity index (χ1v) is 8.04. The number of hydrogen-bond acceptors (Lipinski definition) is 4. The van der Waals surface area contributed by atoms with E-state index >= 15 is 0 Å². The largest absolute Gasteiger partial charge is 0.496 e. The minimum Gasteiger partial charge on any atom is -0.496 e. The molecule has 1 fully saturated rings. The lowest BCUT2D eigenvalue weighted by Gasteiger charge is -2.35. The molecule has 0 aliphatic carbocycles. The van der Waals surface area contributed by atoms with Crippen LogP contribution in [0.2, 0.25) is 0 Å². The van der Waals surface area contributed by atoms with Crippen molar-refractivity contribution < 1.29 is 13.2 Å². The number of hydrogen-bond donors (Lipinski definition) is 1. The molecule has 1 N–H and O–H groups in total. The predicted octanol–water partition coefficient (Wildman–Crippen LogP) is 0.991. The molecule has 1 heterocycles. The van der Waals surface area contributed by atoms with Crippen molar-refractivity contribution in [3.05, 3.63) is 29.8 Å². The van der Waals surface area contributed by atoms with E-state index in [9.17, 15) is 8.42 Å². The van der Waals surface area contributed by atoms with Crippen LogP contribution in [0.15, 0.2) is 24.3 Å². The fourth-order valence-electron chi connectivity index (χ4n) is 2.39. The maximum Gasteiger partial charge on any atom is 0.214 e. The highest BCUT2D eigenvalue weighted by Gasteiger charge is 2.33. The smallest absolute Gasteiger partial charge is 0.214 e. The Labute approximate surface area is 114 Å². The summed E-state index contributed by atoms with van der Waals surface area (Å²) in [6.45, 7) is 3.47. The van der Waals surface area contributed by atoms with Crippen LogP contribution in [-0.4, -0.2) is 45.2 Å². The molecule has 6 heteroatoms. The zero-order valence-electron chi connectivity index (χ0n) is 11.3. The van der Waals surface area contributed by atoms with E-state index in [2.05, 4.69) is 5.32 Å². The highest BCUT2D eigenvalue weighted by atomic mass is 32.2. The van der Waals surface area contributed by atoms with Crippen LogP contribution in [0.3, 0.4) is 0 Å². The molecular weight excluding hydrogens is 264 g/mol. The molecule has 106 valence electrons. The fourth-order valence-corrected chi connectivity index (χ4v) is 3.67. The molecule has 19 heavy (non-hydrogen) atoms. The zero-order chi connectivity index (χ0) is 13.9. The van der Waals surface area contributed by atoms with Crippen molar-refractivity contribution in [2.24, 2.45) is 0 Å². The molecule has 1 aliphatic heterocycles. The molecule has 5 nitrogen and oxygen atoms in total. The third-order valence-electron chi connectivity index (χ3n) is 3.41. The number of piperazine rings is 1. The topological polar surface area (TPSA) is 58.6 Å². The molecule has 0 unspecified atom stereocenters. The van der Waals surface area contributed by atoms with Crippen molar-refractivity contribution in [1.82, 2.24) is 9.62 Å². The highest BCUT2D eigenvalue weighted by Crippen LogP contribution is 2.31. The summed E-state index contributed by atoms with van der Waals surface area (Å²) >= 11 is 0. The van der Waals surface area contributed by atoms with Crippen molar-refractivity contribution >= 4 is 10.0 Å². The second kappa shape index (κ2) is 5.90. The van der Waals surface area contributed by atoms with Crippen LogP contribution in [-0.2, 0) is 10.0 Å². The van der Waals surface area contributed by atoms with Crippen molar-refractivity contribution in [3.8, 4) is 5.75 Å². The monoisotopic (exact) mass is 284 g/mol. The summed E-state index contributed by atoms with van der Waals surface area (Å²) in [5, 5.41) is 3.25. The van der Waals surface area contributed by atoms with Gasteiger partial charge < -0.3 is 10.1 Å². The van der Waals surface area contributed by atoms with Gasteiger partial charge in [0.05, 0.1) is 18.9 Å². The maximum absolute atomic E-state index is 12.2. The van der Waals surface area contributed by atoms with Gasteiger partial charge in [0.15, 0.2) is 0 Å². The fraction of sp³-hybridized carbons (Fsp3) is 0.538. The summed E-state index contributed by atoms with van der Waals surface area (Å²) in [5.74, 6) is 0.853. The molecule has 1 saturated heterocycles. The van der Waals surface area contributed by atoms with Crippen molar-refractivity contribution in [1.29, 1.82) is 0 Å². The van der Waals surface area contributed by atoms with E-state index < -0.39 is 10.0 Å². The molecule has 1 aromatic carbocycles. The van der Waals surface area contributed by atoms with E-state index in [1.807, 2.05) is 24.3 Å². The quantitative estimate of drug-likeness (QED) is 0.896. The van der Waals surface area contributed by atoms with Gasteiger partial charge in [0.1, 0.15) is 5.75 Å². The lowest BCUT2D eigenvalue weighted by Crippen LogP contribution is -2.49. The van der Waals surface area contributed by atoms with Gasteiger partial charge in [-0.2, -0.15) is 4.31 Å². The molecule has 2 rings (SSSR count). The van der Waals surface area contributed by atoms with Gasteiger partial charge in [-0.1, -0.05) is 18.2 Å². The molecule has 1 atom stereocenters. The standard InChI is InChI=1S/C13H20N2O3S/c1-3-19(16,17)15-9-8-14-10-12(15)11-6-4-5-7-13(11)18-2/h4-7,12,14H,3,8-10H2,1-2H3/t12-/m0/s1. The summed E-state index contributed by atoms with van der Waals surface area (Å²) in [6.07, 6.45) is 0. The lowest BCUT2D eigenvalue weighted by atomic mass is 10.0. The second-order valence-corrected chi connectivity index (χ2v) is 6.68. The van der Waals surface area contributed by atoms with E-state index in [1.54, 1.807) is 18.3 Å². The summed E-state index contributed by atoms with van der Waals surface area (Å²) in [5.41, 5.74) is 0.911. The highest BCUT2D eigenvalue weighted by molar-refractivity contribution is 7.89. The van der Waals surface area contributed by atoms with Crippen LogP contribution in [0.4, 0.5) is 0 Å². The molecular formula is C13H20N2O3S. The normalized spacial score (nSPS) is 21.3. The molecule has 0 spiro atoms. The average Bonchev–Trinajstić information content (AvgIpc) is 2.47. The third kappa shape index (κ3) is 2.91. The Balaban J connectivity index is 2.40. The number of rotatable bonds is 4. The number of sulfonamides is 1. The van der Waals surface area contributed by atoms with E-state index in [0.717, 1.165) is 11.3 Å². The summed E-state index contributed by atoms with van der Waals surface area (Å²) in [7, 11) is -1.60. The Hall–Kier alpha value is -1.11. The van der Waals surface area contributed by atoms with Gasteiger partial charge in [-0.25, -0.2) is 8.42 Å². The third-order valence-corrected chi connectivity index (χ3v) is 5.30. The van der Waals surface area contributed by atoms with Gasteiger partial charge >= 0.3 is 0 Å². The molecule has 0 saturated carbocycles. The van der Waals surface area contributed by atoms with Crippen molar-refractivity contribution in [3.63, 3.8) is 0 Å². The van der Waals surface area contributed by atoms with Gasteiger partial charge in [0, 0.05) is 25.2 Å². The Morgan fingerprint density at radius 2 is 2.16 bits per heavy atom. The van der Waals surface area contributed by atoms with E-state index in [-0.39, 0.29) is 11.8 Å². The molecule has 1 aromatic rings. The van der Waals surface area contributed by atoms with Crippen molar-refractivity contribution in [2.75, 3.05) is 32.5 Å². The van der Waals surface area contributed by atoms with Crippen LogP contribution in [0.5, 0.6) is 5.75 Å². The van der Waals surface area contributed by atoms with Crippen LogP contribution >= 0.6 is 0 Å². The second-order valence-electron chi connectivity index (χ2n) is 4.47. The van der Waals surface area contributed by atoms with E-state index in [0.29, 0.717) is 19.6 Å². The number of methoxy groups -OCH3 is 1.